The van der Waals surface area contributed by atoms with Crippen LogP contribution in [-0.2, 0) is 34.8 Å². The molecule has 0 radical (unpaired) electrons. The van der Waals surface area contributed by atoms with E-state index < -0.39 is 13.7 Å². The molecule has 0 aromatic heterocycles. The van der Waals surface area contributed by atoms with Gasteiger partial charge in [-0.25, -0.2) is 0 Å². The van der Waals surface area contributed by atoms with Crippen LogP contribution in [0.25, 0.3) is 0 Å². The lowest BCUT2D eigenvalue weighted by Gasteiger charge is -2.62. The Morgan fingerprint density at radius 2 is 1.57 bits per heavy atom. The summed E-state index contributed by atoms with van der Waals surface area (Å²) in [7, 11) is -2.88. The predicted molar refractivity (Wildman–Crippen MR) is 193 cm³/mol. The molecule has 1 saturated heterocycles. The summed E-state index contributed by atoms with van der Waals surface area (Å²) >= 11 is 0. The lowest BCUT2D eigenvalue weighted by Crippen LogP contribution is -2.64. The van der Waals surface area contributed by atoms with Gasteiger partial charge in [0.1, 0.15) is 12.6 Å². The predicted octanol–water partition coefficient (Wildman–Crippen LogP) is 7.09. The SMILES string of the molecule is CC[C@]1(C)C[C@H]2O[Si](c3ccccc3)(c3ccccc3)CC23[C@H](COC(C)=O)CC[C@]2(CCC(=O)[C@@H]32)[C@@H](C)[C@@H]1OCOCc1ccccc1. The van der Waals surface area contributed by atoms with E-state index in [9.17, 15) is 9.59 Å². The lowest BCUT2D eigenvalue weighted by atomic mass is 9.43. The molecule has 1 aliphatic heterocycles. The third-order valence-corrected chi connectivity index (χ3v) is 17.7. The molecule has 260 valence electrons. The van der Waals surface area contributed by atoms with Crippen LogP contribution in [0.3, 0.4) is 0 Å². The van der Waals surface area contributed by atoms with Crippen molar-refractivity contribution in [3.63, 3.8) is 0 Å². The molecular formula is C42H52O6Si. The Bertz CT molecular complexity index is 1580. The van der Waals surface area contributed by atoms with Crippen LogP contribution < -0.4 is 10.4 Å². The maximum Gasteiger partial charge on any atom is 0.302 e. The summed E-state index contributed by atoms with van der Waals surface area (Å²) in [6.07, 6.45) is 4.62. The zero-order chi connectivity index (χ0) is 34.3. The highest BCUT2D eigenvalue weighted by molar-refractivity contribution is 6.98. The number of carbonyl (C=O) groups excluding carboxylic acids is 2. The topological polar surface area (TPSA) is 71.1 Å². The monoisotopic (exact) mass is 680 g/mol. The molecule has 2 bridgehead atoms. The van der Waals surface area contributed by atoms with Crippen LogP contribution in [0.4, 0.5) is 0 Å². The summed E-state index contributed by atoms with van der Waals surface area (Å²) in [4.78, 5) is 27.0. The molecule has 7 heteroatoms. The molecule has 4 fully saturated rings. The van der Waals surface area contributed by atoms with Gasteiger partial charge < -0.3 is 18.6 Å². The van der Waals surface area contributed by atoms with Crippen LogP contribution in [-0.4, -0.2) is 45.7 Å². The first-order valence-corrected chi connectivity index (χ1v) is 20.5. The average molecular weight is 681 g/mol. The third kappa shape index (κ3) is 5.75. The van der Waals surface area contributed by atoms with Crippen molar-refractivity contribution in [3.8, 4) is 0 Å². The molecule has 7 rings (SSSR count). The highest BCUT2D eigenvalue weighted by Gasteiger charge is 2.75. The molecule has 0 N–H and O–H groups in total. The first kappa shape index (κ1) is 34.4. The fraction of sp³-hybridized carbons (Fsp3) is 0.524. The van der Waals surface area contributed by atoms with Crippen molar-refractivity contribution in [2.24, 2.45) is 34.0 Å². The first-order chi connectivity index (χ1) is 23.7. The van der Waals surface area contributed by atoms with Crippen molar-refractivity contribution in [3.05, 3.63) is 96.6 Å². The minimum atomic E-state index is -2.88. The summed E-state index contributed by atoms with van der Waals surface area (Å²) in [5, 5.41) is 2.48. The average Bonchev–Trinajstić information content (AvgIpc) is 3.65. The van der Waals surface area contributed by atoms with Crippen LogP contribution in [0.5, 0.6) is 0 Å². The molecule has 1 unspecified atom stereocenters. The lowest BCUT2D eigenvalue weighted by molar-refractivity contribution is -0.222. The number of hydrogen-bond donors (Lipinski definition) is 0. The third-order valence-electron chi connectivity index (χ3n) is 13.4. The number of esters is 1. The van der Waals surface area contributed by atoms with Gasteiger partial charge in [0.15, 0.2) is 0 Å². The largest absolute Gasteiger partial charge is 0.466 e. The maximum atomic E-state index is 14.7. The maximum absolute atomic E-state index is 14.7. The highest BCUT2D eigenvalue weighted by Crippen LogP contribution is 2.72. The quantitative estimate of drug-likeness (QED) is 0.0987. The van der Waals surface area contributed by atoms with Crippen molar-refractivity contribution in [1.29, 1.82) is 0 Å². The summed E-state index contributed by atoms with van der Waals surface area (Å²) in [6.45, 7) is 9.52. The van der Waals surface area contributed by atoms with Gasteiger partial charge in [0.05, 0.1) is 25.4 Å². The van der Waals surface area contributed by atoms with Crippen LogP contribution in [0.2, 0.25) is 6.04 Å². The Labute approximate surface area is 293 Å². The van der Waals surface area contributed by atoms with Gasteiger partial charge in [-0.2, -0.15) is 0 Å². The van der Waals surface area contributed by atoms with E-state index in [1.54, 1.807) is 0 Å². The molecule has 3 aromatic rings. The Hall–Kier alpha value is -3.10. The number of benzene rings is 3. The van der Waals surface area contributed by atoms with E-state index >= 15 is 0 Å². The summed E-state index contributed by atoms with van der Waals surface area (Å²) < 4.78 is 26.8. The van der Waals surface area contributed by atoms with E-state index in [1.165, 1.54) is 17.3 Å². The van der Waals surface area contributed by atoms with Crippen molar-refractivity contribution in [2.45, 2.75) is 91.1 Å². The van der Waals surface area contributed by atoms with E-state index in [0.717, 1.165) is 43.7 Å². The minimum absolute atomic E-state index is 0.0309. The van der Waals surface area contributed by atoms with Crippen molar-refractivity contribution in [2.75, 3.05) is 13.4 Å². The molecule has 3 saturated carbocycles. The zero-order valence-electron chi connectivity index (χ0n) is 29.6. The highest BCUT2D eigenvalue weighted by atomic mass is 28.4. The molecule has 3 aromatic carbocycles. The fourth-order valence-corrected chi connectivity index (χ4v) is 15.9. The van der Waals surface area contributed by atoms with Gasteiger partial charge in [-0.05, 0) is 70.8 Å². The van der Waals surface area contributed by atoms with Crippen LogP contribution in [0, 0.1) is 34.0 Å². The van der Waals surface area contributed by atoms with Gasteiger partial charge >= 0.3 is 5.97 Å². The Morgan fingerprint density at radius 1 is 0.939 bits per heavy atom. The molecule has 4 aliphatic rings. The standard InChI is InChI=1S/C42H52O6Si/c1-5-40(4)25-37-42(28-49(48-37,34-17-11-7-12-18-34)35-19-13-8-14-20-35)33(27-46-31(3)43)21-23-41(24-22-36(44)38(41)42)30(2)39(40)47-29-45-26-32-15-9-6-10-16-32/h6-20,30,33,37-39H,5,21-29H2,1-4H3/t30-,33-,37+,38+,39-,40+,41-,42?/m0/s1. The molecular weight excluding hydrogens is 629 g/mol. The summed E-state index contributed by atoms with van der Waals surface area (Å²) in [5.74, 6) is 0.0692. The van der Waals surface area contributed by atoms with Crippen molar-refractivity contribution >= 4 is 30.4 Å². The van der Waals surface area contributed by atoms with Crippen LogP contribution in [0.1, 0.15) is 71.8 Å². The molecule has 1 heterocycles. The Balaban J connectivity index is 1.36. The molecule has 8 atom stereocenters. The van der Waals surface area contributed by atoms with Crippen molar-refractivity contribution < 1.29 is 28.2 Å². The van der Waals surface area contributed by atoms with E-state index in [0.29, 0.717) is 25.4 Å². The molecule has 6 nitrogen and oxygen atoms in total. The second-order valence-corrected chi connectivity index (χ2v) is 19.1. The van der Waals surface area contributed by atoms with Gasteiger partial charge in [0, 0.05) is 30.6 Å². The molecule has 0 amide bonds. The van der Waals surface area contributed by atoms with Gasteiger partial charge in [-0.15, -0.1) is 0 Å². The normalized spacial score (nSPS) is 34.8. The first-order valence-electron chi connectivity index (χ1n) is 18.4. The summed E-state index contributed by atoms with van der Waals surface area (Å²) in [6, 6.07) is 32.6. The number of Topliss-reactive ketones (excluding diaryl/α,β-unsaturated/α-hetero) is 1. The second-order valence-electron chi connectivity index (χ2n) is 15.7. The van der Waals surface area contributed by atoms with Crippen LogP contribution in [0.15, 0.2) is 91.0 Å². The molecule has 3 aliphatic carbocycles. The van der Waals surface area contributed by atoms with Crippen molar-refractivity contribution in [1.82, 2.24) is 0 Å². The van der Waals surface area contributed by atoms with Gasteiger partial charge in [0.2, 0.25) is 0 Å². The van der Waals surface area contributed by atoms with Gasteiger partial charge in [0.25, 0.3) is 8.32 Å². The van der Waals surface area contributed by atoms with E-state index in [4.69, 9.17) is 18.6 Å². The minimum Gasteiger partial charge on any atom is -0.466 e. The second kappa shape index (κ2) is 13.6. The number of ether oxygens (including phenoxy) is 3. The Morgan fingerprint density at radius 3 is 2.18 bits per heavy atom. The van der Waals surface area contributed by atoms with Gasteiger partial charge in [-0.1, -0.05) is 112 Å². The van der Waals surface area contributed by atoms with Crippen LogP contribution >= 0.6 is 0 Å². The number of ketones is 1. The number of hydrogen-bond acceptors (Lipinski definition) is 6. The van der Waals surface area contributed by atoms with E-state index in [1.807, 2.05) is 18.2 Å². The smallest absolute Gasteiger partial charge is 0.302 e. The summed E-state index contributed by atoms with van der Waals surface area (Å²) in [5.41, 5.74) is 0.188. The Kier molecular flexibility index (Phi) is 9.50. The fourth-order valence-electron chi connectivity index (χ4n) is 11.0. The van der Waals surface area contributed by atoms with E-state index in [-0.39, 0.29) is 53.6 Å². The zero-order valence-corrected chi connectivity index (χ0v) is 30.6. The number of rotatable bonds is 10. The molecule has 1 spiro atoms. The van der Waals surface area contributed by atoms with E-state index in [2.05, 4.69) is 93.6 Å². The molecule has 49 heavy (non-hydrogen) atoms. The number of carbonyl (C=O) groups is 2. The van der Waals surface area contributed by atoms with Gasteiger partial charge in [-0.3, -0.25) is 9.59 Å².